The quantitative estimate of drug-likeness (QED) is 0.511. The molecule has 4 N–H and O–H groups in total. The molecule has 2 aromatic rings. The van der Waals surface area contributed by atoms with Crippen molar-refractivity contribution in [2.24, 2.45) is 5.92 Å². The first-order valence-corrected chi connectivity index (χ1v) is 10.3. The Hall–Kier alpha value is -3.88. The summed E-state index contributed by atoms with van der Waals surface area (Å²) < 4.78 is 13.6. The van der Waals surface area contributed by atoms with Crippen LogP contribution in [-0.4, -0.2) is 42.5 Å². The van der Waals surface area contributed by atoms with Gasteiger partial charge in [0.1, 0.15) is 5.82 Å². The molecule has 8 nitrogen and oxygen atoms in total. The molecule has 1 aliphatic heterocycles. The standard InChI is InChI=1S/C23H26FN5O3/c1-2-13-25-21(30)16-11-14-29(15-12-16)23(32)27-18-9-7-17(8-10-18)26-22(31)28-20-6-4-3-5-19(20)24/h2-10,16H,1,11-15H2,(H,25,30)(H,27,32)(H2,26,28,31). The van der Waals surface area contributed by atoms with Crippen molar-refractivity contribution in [2.75, 3.05) is 35.6 Å². The van der Waals surface area contributed by atoms with Crippen molar-refractivity contribution in [1.82, 2.24) is 10.2 Å². The number of urea groups is 2. The van der Waals surface area contributed by atoms with Gasteiger partial charge in [0.15, 0.2) is 0 Å². The Labute approximate surface area is 185 Å². The van der Waals surface area contributed by atoms with Gasteiger partial charge in [-0.15, -0.1) is 6.58 Å². The average Bonchev–Trinajstić information content (AvgIpc) is 2.80. The van der Waals surface area contributed by atoms with Gasteiger partial charge in [0.2, 0.25) is 5.91 Å². The summed E-state index contributed by atoms with van der Waals surface area (Å²) >= 11 is 0. The molecule has 1 aliphatic rings. The summed E-state index contributed by atoms with van der Waals surface area (Å²) in [6, 6.07) is 11.6. The van der Waals surface area contributed by atoms with Crippen LogP contribution in [0.15, 0.2) is 61.2 Å². The largest absolute Gasteiger partial charge is 0.352 e. The van der Waals surface area contributed by atoms with E-state index in [0.717, 1.165) is 0 Å². The summed E-state index contributed by atoms with van der Waals surface area (Å²) in [5.41, 5.74) is 1.14. The van der Waals surface area contributed by atoms with E-state index in [9.17, 15) is 18.8 Å². The van der Waals surface area contributed by atoms with Crippen LogP contribution in [0, 0.1) is 11.7 Å². The fourth-order valence-corrected chi connectivity index (χ4v) is 3.35. The van der Waals surface area contributed by atoms with Crippen molar-refractivity contribution >= 4 is 35.0 Å². The van der Waals surface area contributed by atoms with Crippen LogP contribution in [-0.2, 0) is 4.79 Å². The van der Waals surface area contributed by atoms with Crippen molar-refractivity contribution in [3.05, 3.63) is 67.0 Å². The van der Waals surface area contributed by atoms with E-state index in [1.165, 1.54) is 18.2 Å². The number of anilines is 3. The molecule has 0 saturated carbocycles. The maximum atomic E-state index is 13.6. The molecule has 2 aromatic carbocycles. The predicted octanol–water partition coefficient (Wildman–Crippen LogP) is 4.02. The van der Waals surface area contributed by atoms with Crippen molar-refractivity contribution < 1.29 is 18.8 Å². The highest BCUT2D eigenvalue weighted by molar-refractivity contribution is 6.00. The van der Waals surface area contributed by atoms with E-state index in [1.54, 1.807) is 41.3 Å². The van der Waals surface area contributed by atoms with Crippen molar-refractivity contribution in [3.63, 3.8) is 0 Å². The van der Waals surface area contributed by atoms with Gasteiger partial charge in [-0.2, -0.15) is 0 Å². The molecule has 3 rings (SSSR count). The molecule has 0 radical (unpaired) electrons. The van der Waals surface area contributed by atoms with E-state index < -0.39 is 11.8 Å². The second kappa shape index (κ2) is 10.9. The molecule has 32 heavy (non-hydrogen) atoms. The van der Waals surface area contributed by atoms with Crippen molar-refractivity contribution in [2.45, 2.75) is 12.8 Å². The number of piperidine rings is 1. The Bertz CT molecular complexity index is 972. The third kappa shape index (κ3) is 6.31. The fourth-order valence-electron chi connectivity index (χ4n) is 3.35. The van der Waals surface area contributed by atoms with Gasteiger partial charge >= 0.3 is 12.1 Å². The zero-order valence-corrected chi connectivity index (χ0v) is 17.6. The lowest BCUT2D eigenvalue weighted by molar-refractivity contribution is -0.126. The lowest BCUT2D eigenvalue weighted by Crippen LogP contribution is -2.44. The number of nitrogens with zero attached hydrogens (tertiary/aromatic N) is 1. The minimum Gasteiger partial charge on any atom is -0.352 e. The van der Waals surface area contributed by atoms with E-state index in [-0.39, 0.29) is 23.5 Å². The van der Waals surface area contributed by atoms with Crippen LogP contribution in [0.4, 0.5) is 31.0 Å². The second-order valence-corrected chi connectivity index (χ2v) is 7.36. The van der Waals surface area contributed by atoms with Gasteiger partial charge in [0, 0.05) is 36.9 Å². The maximum Gasteiger partial charge on any atom is 0.323 e. The zero-order valence-electron chi connectivity index (χ0n) is 17.6. The van der Waals surface area contributed by atoms with Gasteiger partial charge in [-0.3, -0.25) is 4.79 Å². The number of para-hydroxylation sites is 1. The summed E-state index contributed by atoms with van der Waals surface area (Å²) in [5, 5.41) is 10.6. The molecular formula is C23H26FN5O3. The first-order chi connectivity index (χ1) is 15.5. The highest BCUT2D eigenvalue weighted by Gasteiger charge is 2.27. The van der Waals surface area contributed by atoms with Gasteiger partial charge in [-0.1, -0.05) is 18.2 Å². The van der Waals surface area contributed by atoms with Crippen LogP contribution in [0.5, 0.6) is 0 Å². The van der Waals surface area contributed by atoms with Gasteiger partial charge in [-0.05, 0) is 49.2 Å². The lowest BCUT2D eigenvalue weighted by Gasteiger charge is -2.31. The Morgan fingerprint density at radius 3 is 2.22 bits per heavy atom. The number of carbonyl (C=O) groups is 3. The number of rotatable bonds is 6. The molecule has 1 heterocycles. The number of nitrogens with one attached hydrogen (secondary N) is 4. The number of hydrogen-bond donors (Lipinski definition) is 4. The molecule has 5 amide bonds. The van der Waals surface area contributed by atoms with E-state index >= 15 is 0 Å². The molecular weight excluding hydrogens is 413 g/mol. The molecule has 1 fully saturated rings. The first-order valence-electron chi connectivity index (χ1n) is 10.3. The van der Waals surface area contributed by atoms with Crippen molar-refractivity contribution in [1.29, 1.82) is 0 Å². The SMILES string of the molecule is C=CCNC(=O)C1CCN(C(=O)Nc2ccc(NC(=O)Nc3ccccc3F)cc2)CC1. The van der Waals surface area contributed by atoms with Crippen LogP contribution in [0.1, 0.15) is 12.8 Å². The normalized spacial score (nSPS) is 13.7. The maximum absolute atomic E-state index is 13.6. The monoisotopic (exact) mass is 439 g/mol. The summed E-state index contributed by atoms with van der Waals surface area (Å²) in [4.78, 5) is 38.2. The number of carbonyl (C=O) groups excluding carboxylic acids is 3. The van der Waals surface area contributed by atoms with E-state index in [2.05, 4.69) is 27.8 Å². The Balaban J connectivity index is 1.45. The van der Waals surface area contributed by atoms with E-state index in [1.807, 2.05) is 0 Å². The molecule has 0 spiro atoms. The van der Waals surface area contributed by atoms with Crippen LogP contribution in [0.25, 0.3) is 0 Å². The topological polar surface area (TPSA) is 103 Å². The first kappa shape index (κ1) is 22.8. The van der Waals surface area contributed by atoms with E-state index in [0.29, 0.717) is 43.9 Å². The van der Waals surface area contributed by atoms with Crippen LogP contribution in [0.3, 0.4) is 0 Å². The highest BCUT2D eigenvalue weighted by atomic mass is 19.1. The van der Waals surface area contributed by atoms with Gasteiger partial charge < -0.3 is 26.2 Å². The summed E-state index contributed by atoms with van der Waals surface area (Å²) in [6.45, 7) is 5.01. The fraction of sp³-hybridized carbons (Fsp3) is 0.261. The molecule has 1 saturated heterocycles. The van der Waals surface area contributed by atoms with Gasteiger partial charge in [-0.25, -0.2) is 14.0 Å². The smallest absolute Gasteiger partial charge is 0.323 e. The second-order valence-electron chi connectivity index (χ2n) is 7.36. The number of halogens is 1. The lowest BCUT2D eigenvalue weighted by atomic mass is 9.96. The summed E-state index contributed by atoms with van der Waals surface area (Å²) in [6.07, 6.45) is 2.85. The number of benzene rings is 2. The summed E-state index contributed by atoms with van der Waals surface area (Å²) in [5.74, 6) is -0.630. The zero-order chi connectivity index (χ0) is 22.9. The number of hydrogen-bond acceptors (Lipinski definition) is 3. The molecule has 168 valence electrons. The molecule has 0 atom stereocenters. The molecule has 0 aliphatic carbocycles. The molecule has 9 heteroatoms. The predicted molar refractivity (Wildman–Crippen MR) is 122 cm³/mol. The third-order valence-electron chi connectivity index (χ3n) is 5.09. The van der Waals surface area contributed by atoms with Gasteiger partial charge in [0.25, 0.3) is 0 Å². The minimum atomic E-state index is -0.577. The van der Waals surface area contributed by atoms with E-state index in [4.69, 9.17) is 0 Å². The Kier molecular flexibility index (Phi) is 7.80. The Morgan fingerprint density at radius 2 is 1.59 bits per heavy atom. The minimum absolute atomic E-state index is 0.00733. The summed E-state index contributed by atoms with van der Waals surface area (Å²) in [7, 11) is 0. The highest BCUT2D eigenvalue weighted by Crippen LogP contribution is 2.20. The number of amides is 5. The molecule has 0 unspecified atom stereocenters. The van der Waals surface area contributed by atoms with Crippen LogP contribution < -0.4 is 21.3 Å². The molecule has 0 aromatic heterocycles. The molecule has 0 bridgehead atoms. The van der Waals surface area contributed by atoms with Crippen LogP contribution in [0.2, 0.25) is 0 Å². The van der Waals surface area contributed by atoms with Crippen LogP contribution >= 0.6 is 0 Å². The average molecular weight is 439 g/mol. The van der Waals surface area contributed by atoms with Gasteiger partial charge in [0.05, 0.1) is 5.69 Å². The third-order valence-corrected chi connectivity index (χ3v) is 5.09. The van der Waals surface area contributed by atoms with Crippen molar-refractivity contribution in [3.8, 4) is 0 Å². The Morgan fingerprint density at radius 1 is 0.969 bits per heavy atom. The number of likely N-dealkylation sites (tertiary alicyclic amines) is 1.